The summed E-state index contributed by atoms with van der Waals surface area (Å²) in [5.41, 5.74) is 1.08. The quantitative estimate of drug-likeness (QED) is 0.819. The highest BCUT2D eigenvalue weighted by atomic mass is 15.2. The molecule has 1 saturated heterocycles. The van der Waals surface area contributed by atoms with Crippen molar-refractivity contribution in [2.45, 2.75) is 51.6 Å². The Balaban J connectivity index is 1.98. The van der Waals surface area contributed by atoms with E-state index in [4.69, 9.17) is 0 Å². The molecule has 1 N–H and O–H groups in total. The van der Waals surface area contributed by atoms with E-state index in [1.54, 1.807) is 12.4 Å². The second kappa shape index (κ2) is 7.56. The van der Waals surface area contributed by atoms with Crippen molar-refractivity contribution in [3.63, 3.8) is 0 Å². The molecule has 4 heteroatoms. The summed E-state index contributed by atoms with van der Waals surface area (Å²) >= 11 is 0. The van der Waals surface area contributed by atoms with E-state index in [2.05, 4.69) is 34.0 Å². The molecule has 4 nitrogen and oxygen atoms in total. The van der Waals surface area contributed by atoms with Gasteiger partial charge in [-0.25, -0.2) is 0 Å². The minimum atomic E-state index is 0.350. The highest BCUT2D eigenvalue weighted by Crippen LogP contribution is 2.20. The normalized spacial score (nSPS) is 20.9. The van der Waals surface area contributed by atoms with E-state index in [0.717, 1.165) is 18.8 Å². The van der Waals surface area contributed by atoms with Crippen LogP contribution < -0.4 is 5.32 Å². The summed E-state index contributed by atoms with van der Waals surface area (Å²) in [6, 6.07) is 0.999. The zero-order valence-electron chi connectivity index (χ0n) is 12.2. The summed E-state index contributed by atoms with van der Waals surface area (Å²) in [7, 11) is 0. The minimum absolute atomic E-state index is 0.350. The fraction of sp³-hybridized carbons (Fsp3) is 0.733. The lowest BCUT2D eigenvalue weighted by atomic mass is 10.1. The molecule has 1 aliphatic heterocycles. The van der Waals surface area contributed by atoms with Crippen molar-refractivity contribution in [2.75, 3.05) is 19.6 Å². The molecule has 1 aromatic heterocycles. The van der Waals surface area contributed by atoms with Crippen molar-refractivity contribution in [3.05, 3.63) is 24.3 Å². The number of nitrogens with zero attached hydrogens (tertiary/aromatic N) is 3. The van der Waals surface area contributed by atoms with Gasteiger partial charge in [0, 0.05) is 31.2 Å². The molecule has 0 aromatic carbocycles. The van der Waals surface area contributed by atoms with Crippen LogP contribution in [0.2, 0.25) is 0 Å². The Bertz CT molecular complexity index is 348. The van der Waals surface area contributed by atoms with Gasteiger partial charge in [0.05, 0.1) is 11.7 Å². The van der Waals surface area contributed by atoms with Crippen molar-refractivity contribution >= 4 is 0 Å². The summed E-state index contributed by atoms with van der Waals surface area (Å²) in [5.74, 6) is 0. The molecule has 0 radical (unpaired) electrons. The maximum atomic E-state index is 4.46. The van der Waals surface area contributed by atoms with Gasteiger partial charge in [-0.15, -0.1) is 0 Å². The zero-order chi connectivity index (χ0) is 13.5. The first kappa shape index (κ1) is 14.4. The van der Waals surface area contributed by atoms with Gasteiger partial charge in [-0.3, -0.25) is 14.9 Å². The first-order valence-electron chi connectivity index (χ1n) is 7.54. The monoisotopic (exact) mass is 262 g/mol. The van der Waals surface area contributed by atoms with Gasteiger partial charge in [0.25, 0.3) is 0 Å². The first-order chi connectivity index (χ1) is 9.31. The average Bonchev–Trinajstić information content (AvgIpc) is 2.96. The third-order valence-corrected chi connectivity index (χ3v) is 3.98. The van der Waals surface area contributed by atoms with Crippen LogP contribution in [0.15, 0.2) is 18.6 Å². The lowest BCUT2D eigenvalue weighted by Gasteiger charge is -2.31. The van der Waals surface area contributed by atoms with Crippen molar-refractivity contribution in [1.82, 2.24) is 20.2 Å². The minimum Gasteiger partial charge on any atom is -0.313 e. The van der Waals surface area contributed by atoms with Crippen LogP contribution in [-0.2, 0) is 0 Å². The topological polar surface area (TPSA) is 41.0 Å². The predicted molar refractivity (Wildman–Crippen MR) is 78.0 cm³/mol. The molecule has 2 heterocycles. The van der Waals surface area contributed by atoms with Gasteiger partial charge in [-0.05, 0) is 39.3 Å². The van der Waals surface area contributed by atoms with Crippen LogP contribution in [0.1, 0.15) is 51.3 Å². The molecule has 1 fully saturated rings. The van der Waals surface area contributed by atoms with Gasteiger partial charge in [-0.2, -0.15) is 0 Å². The van der Waals surface area contributed by atoms with Crippen LogP contribution in [0.25, 0.3) is 0 Å². The molecular weight excluding hydrogens is 236 g/mol. The highest BCUT2D eigenvalue weighted by molar-refractivity contribution is 5.01. The van der Waals surface area contributed by atoms with E-state index < -0.39 is 0 Å². The Morgan fingerprint density at radius 2 is 2.37 bits per heavy atom. The van der Waals surface area contributed by atoms with Gasteiger partial charge < -0.3 is 5.32 Å². The number of unbranched alkanes of at least 4 members (excludes halogenated alkanes) is 1. The van der Waals surface area contributed by atoms with E-state index in [1.165, 1.54) is 32.2 Å². The SMILES string of the molecule is CCCCN(CC1CCCN1)C(C)c1cnccn1. The van der Waals surface area contributed by atoms with Crippen LogP contribution >= 0.6 is 0 Å². The van der Waals surface area contributed by atoms with Crippen LogP contribution in [0.3, 0.4) is 0 Å². The Labute approximate surface area is 116 Å². The highest BCUT2D eigenvalue weighted by Gasteiger charge is 2.22. The maximum absolute atomic E-state index is 4.46. The number of hydrogen-bond acceptors (Lipinski definition) is 4. The van der Waals surface area contributed by atoms with Crippen molar-refractivity contribution in [2.24, 2.45) is 0 Å². The molecule has 0 amide bonds. The van der Waals surface area contributed by atoms with E-state index in [-0.39, 0.29) is 0 Å². The van der Waals surface area contributed by atoms with Gasteiger partial charge >= 0.3 is 0 Å². The van der Waals surface area contributed by atoms with Gasteiger partial charge in [-0.1, -0.05) is 13.3 Å². The molecule has 0 saturated carbocycles. The number of rotatable bonds is 7. The Hall–Kier alpha value is -1.00. The molecule has 2 unspecified atom stereocenters. The number of aromatic nitrogens is 2. The van der Waals surface area contributed by atoms with Gasteiger partial charge in [0.1, 0.15) is 0 Å². The molecule has 19 heavy (non-hydrogen) atoms. The van der Waals surface area contributed by atoms with Crippen LogP contribution in [-0.4, -0.2) is 40.5 Å². The molecule has 106 valence electrons. The summed E-state index contributed by atoms with van der Waals surface area (Å²) in [4.78, 5) is 11.2. The average molecular weight is 262 g/mol. The predicted octanol–water partition coefficient (Wildman–Crippen LogP) is 2.39. The second-order valence-electron chi connectivity index (χ2n) is 5.45. The van der Waals surface area contributed by atoms with Crippen molar-refractivity contribution in [3.8, 4) is 0 Å². The third-order valence-electron chi connectivity index (χ3n) is 3.98. The maximum Gasteiger partial charge on any atom is 0.0755 e. The van der Waals surface area contributed by atoms with E-state index in [9.17, 15) is 0 Å². The molecule has 1 aromatic rings. The molecule has 2 rings (SSSR count). The van der Waals surface area contributed by atoms with Crippen molar-refractivity contribution < 1.29 is 0 Å². The molecule has 1 aliphatic rings. The molecular formula is C15H26N4. The lowest BCUT2D eigenvalue weighted by Crippen LogP contribution is -2.39. The molecule has 0 bridgehead atoms. The van der Waals surface area contributed by atoms with Crippen LogP contribution in [0.4, 0.5) is 0 Å². The third kappa shape index (κ3) is 4.25. The van der Waals surface area contributed by atoms with Crippen molar-refractivity contribution in [1.29, 1.82) is 0 Å². The summed E-state index contributed by atoms with van der Waals surface area (Å²) < 4.78 is 0. The largest absolute Gasteiger partial charge is 0.313 e. The zero-order valence-corrected chi connectivity index (χ0v) is 12.2. The summed E-state index contributed by atoms with van der Waals surface area (Å²) in [5, 5.41) is 3.59. The van der Waals surface area contributed by atoms with Crippen LogP contribution in [0, 0.1) is 0 Å². The van der Waals surface area contributed by atoms with Crippen LogP contribution in [0.5, 0.6) is 0 Å². The first-order valence-corrected chi connectivity index (χ1v) is 7.54. The Morgan fingerprint density at radius 3 is 3.00 bits per heavy atom. The molecule has 0 aliphatic carbocycles. The molecule has 2 atom stereocenters. The van der Waals surface area contributed by atoms with Gasteiger partial charge in [0.15, 0.2) is 0 Å². The van der Waals surface area contributed by atoms with E-state index in [0.29, 0.717) is 12.1 Å². The Morgan fingerprint density at radius 1 is 1.47 bits per heavy atom. The fourth-order valence-electron chi connectivity index (χ4n) is 2.71. The molecule has 0 spiro atoms. The number of hydrogen-bond donors (Lipinski definition) is 1. The van der Waals surface area contributed by atoms with E-state index in [1.807, 2.05) is 6.20 Å². The second-order valence-corrected chi connectivity index (χ2v) is 5.45. The Kier molecular flexibility index (Phi) is 5.73. The lowest BCUT2D eigenvalue weighted by molar-refractivity contribution is 0.186. The standard InChI is InChI=1S/C15H26N4/c1-3-4-10-19(12-14-6-5-7-17-14)13(2)15-11-16-8-9-18-15/h8-9,11,13-14,17H,3-7,10,12H2,1-2H3. The van der Waals surface area contributed by atoms with E-state index >= 15 is 0 Å². The summed E-state index contributed by atoms with van der Waals surface area (Å²) in [6.45, 7) is 7.93. The smallest absolute Gasteiger partial charge is 0.0755 e. The summed E-state index contributed by atoms with van der Waals surface area (Å²) in [6.07, 6.45) is 10.5. The fourth-order valence-corrected chi connectivity index (χ4v) is 2.71. The van der Waals surface area contributed by atoms with Gasteiger partial charge in [0.2, 0.25) is 0 Å². The number of nitrogens with one attached hydrogen (secondary N) is 1.